The summed E-state index contributed by atoms with van der Waals surface area (Å²) in [6.07, 6.45) is 8.25. The van der Waals surface area contributed by atoms with Gasteiger partial charge in [-0.25, -0.2) is 0 Å². The number of carboxylic acids is 1. The average Bonchev–Trinajstić information content (AvgIpc) is 2.81. The summed E-state index contributed by atoms with van der Waals surface area (Å²) < 4.78 is 0. The van der Waals surface area contributed by atoms with Crippen LogP contribution in [0.3, 0.4) is 0 Å². The van der Waals surface area contributed by atoms with E-state index in [1.54, 1.807) is 6.20 Å². The summed E-state index contributed by atoms with van der Waals surface area (Å²) in [6, 6.07) is 0. The van der Waals surface area contributed by atoms with Crippen LogP contribution in [0.25, 0.3) is 0 Å². The van der Waals surface area contributed by atoms with Crippen molar-refractivity contribution >= 4 is 17.6 Å². The van der Waals surface area contributed by atoms with E-state index in [1.165, 1.54) is 6.20 Å². The molecule has 0 unspecified atom stereocenters. The lowest BCUT2D eigenvalue weighted by Crippen LogP contribution is -2.32. The van der Waals surface area contributed by atoms with Crippen molar-refractivity contribution in [3.05, 3.63) is 12.4 Å². The van der Waals surface area contributed by atoms with Gasteiger partial charge in [-0.15, -0.1) is 0 Å². The van der Waals surface area contributed by atoms with E-state index in [0.29, 0.717) is 5.69 Å². The van der Waals surface area contributed by atoms with Gasteiger partial charge in [0, 0.05) is 12.6 Å². The Morgan fingerprint density at radius 3 is 2.63 bits per heavy atom. The summed E-state index contributed by atoms with van der Waals surface area (Å²) in [4.78, 5) is 23.0. The molecule has 2 rings (SSSR count). The molecule has 1 aromatic rings. The highest BCUT2D eigenvalue weighted by Crippen LogP contribution is 2.42. The van der Waals surface area contributed by atoms with Crippen molar-refractivity contribution in [1.82, 2.24) is 10.2 Å². The zero-order chi connectivity index (χ0) is 13.7. The van der Waals surface area contributed by atoms with Crippen LogP contribution in [0.5, 0.6) is 0 Å². The van der Waals surface area contributed by atoms with Gasteiger partial charge in [0.1, 0.15) is 0 Å². The van der Waals surface area contributed by atoms with Crippen molar-refractivity contribution in [2.45, 2.75) is 44.9 Å². The van der Waals surface area contributed by atoms with Gasteiger partial charge in [0.25, 0.3) is 0 Å². The number of nitrogens with one attached hydrogen (secondary N) is 2. The molecule has 1 fully saturated rings. The Labute approximate surface area is 111 Å². The molecule has 1 saturated carbocycles. The van der Waals surface area contributed by atoms with Crippen LogP contribution in [-0.2, 0) is 9.59 Å². The van der Waals surface area contributed by atoms with Crippen molar-refractivity contribution < 1.29 is 14.7 Å². The van der Waals surface area contributed by atoms with Crippen LogP contribution < -0.4 is 5.32 Å². The third kappa shape index (κ3) is 3.81. The summed E-state index contributed by atoms with van der Waals surface area (Å²) in [5, 5.41) is 18.2. The highest BCUT2D eigenvalue weighted by molar-refractivity contribution is 5.91. The molecule has 3 N–H and O–H groups in total. The first-order chi connectivity index (χ1) is 9.10. The fourth-order valence-corrected chi connectivity index (χ4v) is 2.90. The first-order valence-corrected chi connectivity index (χ1v) is 6.60. The van der Waals surface area contributed by atoms with Crippen LogP contribution in [0.2, 0.25) is 0 Å². The molecule has 6 heteroatoms. The highest BCUT2D eigenvalue weighted by atomic mass is 16.4. The van der Waals surface area contributed by atoms with E-state index in [2.05, 4.69) is 15.5 Å². The number of aromatic nitrogens is 2. The van der Waals surface area contributed by atoms with E-state index in [0.717, 1.165) is 32.1 Å². The standard InChI is InChI=1S/C13H19N3O3/c17-11(16-10-8-14-15-9-10)6-13(7-12(18)19)4-2-1-3-5-13/h8-9H,1-7H2,(H,14,15)(H,16,17)(H,18,19). The van der Waals surface area contributed by atoms with Crippen LogP contribution in [-0.4, -0.2) is 27.2 Å². The molecular formula is C13H19N3O3. The van der Waals surface area contributed by atoms with Crippen LogP contribution in [0.1, 0.15) is 44.9 Å². The average molecular weight is 265 g/mol. The Bertz CT molecular complexity index is 436. The molecule has 0 radical (unpaired) electrons. The second-order valence-electron chi connectivity index (χ2n) is 5.34. The van der Waals surface area contributed by atoms with E-state index in [9.17, 15) is 9.59 Å². The number of hydrogen-bond donors (Lipinski definition) is 3. The van der Waals surface area contributed by atoms with Gasteiger partial charge in [-0.2, -0.15) is 5.10 Å². The van der Waals surface area contributed by atoms with Gasteiger partial charge in [0.2, 0.25) is 5.91 Å². The van der Waals surface area contributed by atoms with Crippen LogP contribution in [0, 0.1) is 5.41 Å². The minimum atomic E-state index is -0.821. The van der Waals surface area contributed by atoms with Crippen molar-refractivity contribution in [1.29, 1.82) is 0 Å². The summed E-state index contributed by atoms with van der Waals surface area (Å²) in [5.74, 6) is -0.956. The van der Waals surface area contributed by atoms with Crippen LogP contribution in [0.15, 0.2) is 12.4 Å². The molecular weight excluding hydrogens is 246 g/mol. The van der Waals surface area contributed by atoms with Gasteiger partial charge in [0.15, 0.2) is 0 Å². The number of aliphatic carboxylic acids is 1. The fraction of sp³-hybridized carbons (Fsp3) is 0.615. The molecule has 0 spiro atoms. The number of nitrogens with zero attached hydrogens (tertiary/aromatic N) is 1. The Morgan fingerprint density at radius 1 is 1.32 bits per heavy atom. The van der Waals surface area contributed by atoms with E-state index in [1.807, 2.05) is 0 Å². The lowest BCUT2D eigenvalue weighted by molar-refractivity contribution is -0.140. The second kappa shape index (κ2) is 5.86. The third-order valence-corrected chi connectivity index (χ3v) is 3.76. The molecule has 6 nitrogen and oxygen atoms in total. The number of hydrogen-bond acceptors (Lipinski definition) is 3. The van der Waals surface area contributed by atoms with Gasteiger partial charge in [-0.05, 0) is 18.3 Å². The van der Waals surface area contributed by atoms with Gasteiger partial charge >= 0.3 is 5.97 Å². The number of anilines is 1. The number of rotatable bonds is 5. The van der Waals surface area contributed by atoms with Gasteiger partial charge in [-0.3, -0.25) is 14.7 Å². The summed E-state index contributed by atoms with van der Waals surface area (Å²) in [5.41, 5.74) is 0.240. The summed E-state index contributed by atoms with van der Waals surface area (Å²) >= 11 is 0. The molecule has 1 aromatic heterocycles. The molecule has 1 heterocycles. The van der Waals surface area contributed by atoms with E-state index in [4.69, 9.17) is 5.11 Å². The van der Waals surface area contributed by atoms with Gasteiger partial charge < -0.3 is 10.4 Å². The monoisotopic (exact) mass is 265 g/mol. The Morgan fingerprint density at radius 2 is 2.05 bits per heavy atom. The van der Waals surface area contributed by atoms with Crippen molar-refractivity contribution in [2.75, 3.05) is 5.32 Å². The van der Waals surface area contributed by atoms with Gasteiger partial charge in [-0.1, -0.05) is 19.3 Å². The first-order valence-electron chi connectivity index (χ1n) is 6.60. The van der Waals surface area contributed by atoms with Crippen LogP contribution in [0.4, 0.5) is 5.69 Å². The largest absolute Gasteiger partial charge is 0.481 e. The third-order valence-electron chi connectivity index (χ3n) is 3.76. The lowest BCUT2D eigenvalue weighted by Gasteiger charge is -2.35. The fourth-order valence-electron chi connectivity index (χ4n) is 2.90. The number of carboxylic acid groups (broad SMARTS) is 1. The number of carbonyl (C=O) groups excluding carboxylic acids is 1. The molecule has 1 aliphatic carbocycles. The maximum absolute atomic E-state index is 12.0. The molecule has 19 heavy (non-hydrogen) atoms. The van der Waals surface area contributed by atoms with Crippen LogP contribution >= 0.6 is 0 Å². The predicted molar refractivity (Wildman–Crippen MR) is 69.6 cm³/mol. The molecule has 0 saturated heterocycles. The van der Waals surface area contributed by atoms with Crippen molar-refractivity contribution in [3.63, 3.8) is 0 Å². The Hall–Kier alpha value is -1.85. The Kier molecular flexibility index (Phi) is 4.19. The minimum Gasteiger partial charge on any atom is -0.481 e. The molecule has 0 bridgehead atoms. The molecule has 0 aliphatic heterocycles. The minimum absolute atomic E-state index is 0.0752. The summed E-state index contributed by atoms with van der Waals surface area (Å²) in [6.45, 7) is 0. The lowest BCUT2D eigenvalue weighted by atomic mass is 9.69. The number of amides is 1. The van der Waals surface area contributed by atoms with E-state index in [-0.39, 0.29) is 24.2 Å². The van der Waals surface area contributed by atoms with Gasteiger partial charge in [0.05, 0.1) is 18.3 Å². The molecule has 1 amide bonds. The normalized spacial score (nSPS) is 17.9. The molecule has 0 atom stereocenters. The number of H-pyrrole nitrogens is 1. The maximum atomic E-state index is 12.0. The zero-order valence-corrected chi connectivity index (χ0v) is 10.8. The zero-order valence-electron chi connectivity index (χ0n) is 10.8. The smallest absolute Gasteiger partial charge is 0.303 e. The molecule has 0 aromatic carbocycles. The number of carbonyl (C=O) groups is 2. The SMILES string of the molecule is O=C(O)CC1(CC(=O)Nc2cn[nH]c2)CCCCC1. The maximum Gasteiger partial charge on any atom is 0.303 e. The predicted octanol–water partition coefficient (Wildman–Crippen LogP) is 2.16. The highest BCUT2D eigenvalue weighted by Gasteiger charge is 2.36. The topological polar surface area (TPSA) is 95.1 Å². The van der Waals surface area contributed by atoms with E-state index >= 15 is 0 Å². The van der Waals surface area contributed by atoms with E-state index < -0.39 is 5.97 Å². The quantitative estimate of drug-likeness (QED) is 0.760. The summed E-state index contributed by atoms with van der Waals surface area (Å²) in [7, 11) is 0. The molecule has 104 valence electrons. The molecule has 1 aliphatic rings. The van der Waals surface area contributed by atoms with Crippen molar-refractivity contribution in [3.8, 4) is 0 Å². The second-order valence-corrected chi connectivity index (χ2v) is 5.34. The Balaban J connectivity index is 1.98. The first kappa shape index (κ1) is 13.6. The van der Waals surface area contributed by atoms with Crippen molar-refractivity contribution in [2.24, 2.45) is 5.41 Å². The number of aromatic amines is 1.